The highest BCUT2D eigenvalue weighted by Crippen LogP contribution is 1.99. The van der Waals surface area contributed by atoms with Crippen LogP contribution in [0.2, 0.25) is 0 Å². The second-order valence-corrected chi connectivity index (χ2v) is 3.78. The Morgan fingerprint density at radius 1 is 1.61 bits per heavy atom. The monoisotopic (exact) mass is 256 g/mol. The van der Waals surface area contributed by atoms with Crippen molar-refractivity contribution >= 4 is 11.6 Å². The van der Waals surface area contributed by atoms with Crippen molar-refractivity contribution in [3.8, 4) is 0 Å². The van der Waals surface area contributed by atoms with E-state index in [9.17, 15) is 4.79 Å². The van der Waals surface area contributed by atoms with Gasteiger partial charge >= 0.3 is 0 Å². The third-order valence-corrected chi connectivity index (χ3v) is 2.43. The van der Waals surface area contributed by atoms with Crippen LogP contribution in [0.15, 0.2) is 12.4 Å². The number of carbonyl (C=O) groups is 1. The molecule has 1 aromatic heterocycles. The van der Waals surface area contributed by atoms with Crippen molar-refractivity contribution in [3.63, 3.8) is 0 Å². The molecule has 1 amide bonds. The summed E-state index contributed by atoms with van der Waals surface area (Å²) in [5.41, 5.74) is 6.06. The van der Waals surface area contributed by atoms with Crippen LogP contribution in [-0.2, 0) is 16.1 Å². The Balaban J connectivity index is 2.37. The topological polar surface area (TPSA) is 93.6 Å². The lowest BCUT2D eigenvalue weighted by Crippen LogP contribution is -2.36. The Morgan fingerprint density at radius 3 is 2.94 bits per heavy atom. The number of carbonyl (C=O) groups excluding carboxylic acids is 1. The zero-order chi connectivity index (χ0) is 13.4. The fourth-order valence-electron chi connectivity index (χ4n) is 1.51. The maximum Gasteiger partial charge on any atom is 0.244 e. The van der Waals surface area contributed by atoms with E-state index in [1.54, 1.807) is 11.1 Å². The second kappa shape index (κ2) is 7.67. The number of aromatic nitrogens is 2. The summed E-state index contributed by atoms with van der Waals surface area (Å²) < 4.78 is 6.64. The van der Waals surface area contributed by atoms with Crippen LogP contribution in [-0.4, -0.2) is 58.6 Å². The Hall–Kier alpha value is -1.60. The maximum atomic E-state index is 11.9. The molecule has 1 aromatic rings. The quantitative estimate of drug-likeness (QED) is 0.601. The van der Waals surface area contributed by atoms with E-state index in [0.717, 1.165) is 0 Å². The van der Waals surface area contributed by atoms with Gasteiger partial charge < -0.3 is 20.5 Å². The second-order valence-electron chi connectivity index (χ2n) is 3.78. The van der Waals surface area contributed by atoms with Crippen molar-refractivity contribution < 1.29 is 14.6 Å². The average molecular weight is 256 g/mol. The molecule has 18 heavy (non-hydrogen) atoms. The van der Waals surface area contributed by atoms with Gasteiger partial charge in [0.05, 0.1) is 31.7 Å². The van der Waals surface area contributed by atoms with E-state index in [0.29, 0.717) is 32.0 Å². The van der Waals surface area contributed by atoms with E-state index in [2.05, 4.69) is 5.10 Å². The lowest BCUT2D eigenvalue weighted by molar-refractivity contribution is -0.132. The molecule has 0 aliphatic heterocycles. The number of amides is 1. The van der Waals surface area contributed by atoms with E-state index in [1.807, 2.05) is 6.92 Å². The van der Waals surface area contributed by atoms with Crippen LogP contribution in [0.1, 0.15) is 6.92 Å². The fourth-order valence-corrected chi connectivity index (χ4v) is 1.51. The Morgan fingerprint density at radius 2 is 2.39 bits per heavy atom. The first-order valence-electron chi connectivity index (χ1n) is 5.91. The number of likely N-dealkylation sites (N-methyl/N-ethyl adjacent to an activating group) is 1. The first-order chi connectivity index (χ1) is 8.67. The molecule has 0 aliphatic carbocycles. The lowest BCUT2D eigenvalue weighted by Gasteiger charge is -2.20. The van der Waals surface area contributed by atoms with Crippen molar-refractivity contribution in [2.75, 3.05) is 38.6 Å². The van der Waals surface area contributed by atoms with Crippen LogP contribution >= 0.6 is 0 Å². The van der Waals surface area contributed by atoms with Gasteiger partial charge in [-0.05, 0) is 6.92 Å². The molecule has 0 aliphatic rings. The Labute approximate surface area is 106 Å². The smallest absolute Gasteiger partial charge is 0.244 e. The van der Waals surface area contributed by atoms with Crippen LogP contribution in [0.5, 0.6) is 0 Å². The molecule has 1 heterocycles. The summed E-state index contributed by atoms with van der Waals surface area (Å²) in [6.07, 6.45) is 3.13. The van der Waals surface area contributed by atoms with Gasteiger partial charge in [-0.25, -0.2) is 0 Å². The summed E-state index contributed by atoms with van der Waals surface area (Å²) >= 11 is 0. The van der Waals surface area contributed by atoms with E-state index in [1.165, 1.54) is 10.9 Å². The minimum Gasteiger partial charge on any atom is -0.396 e. The number of nitrogens with zero attached hydrogens (tertiary/aromatic N) is 3. The highest BCUT2D eigenvalue weighted by molar-refractivity contribution is 5.75. The first-order valence-corrected chi connectivity index (χ1v) is 5.91. The van der Waals surface area contributed by atoms with E-state index >= 15 is 0 Å². The molecule has 0 atom stereocenters. The van der Waals surface area contributed by atoms with Gasteiger partial charge in [0.2, 0.25) is 5.91 Å². The summed E-state index contributed by atoms with van der Waals surface area (Å²) in [7, 11) is 0. The minimum absolute atomic E-state index is 0.00731. The lowest BCUT2D eigenvalue weighted by atomic mass is 10.4. The molecule has 0 radical (unpaired) electrons. The van der Waals surface area contributed by atoms with Gasteiger partial charge in [0, 0.05) is 19.3 Å². The Bertz CT molecular complexity index is 367. The molecule has 0 fully saturated rings. The van der Waals surface area contributed by atoms with Crippen LogP contribution < -0.4 is 5.73 Å². The summed E-state index contributed by atoms with van der Waals surface area (Å²) in [4.78, 5) is 13.6. The third kappa shape index (κ3) is 4.72. The summed E-state index contributed by atoms with van der Waals surface area (Å²) in [6, 6.07) is 0. The van der Waals surface area contributed by atoms with E-state index < -0.39 is 0 Å². The van der Waals surface area contributed by atoms with Gasteiger partial charge in [-0.2, -0.15) is 5.10 Å². The van der Waals surface area contributed by atoms with Gasteiger partial charge in [-0.1, -0.05) is 0 Å². The molecule has 0 bridgehead atoms. The SMILES string of the molecule is CCN(CCOCCO)C(=O)Cn1cc(N)cn1. The van der Waals surface area contributed by atoms with Crippen molar-refractivity contribution in [2.45, 2.75) is 13.5 Å². The van der Waals surface area contributed by atoms with E-state index in [-0.39, 0.29) is 19.1 Å². The van der Waals surface area contributed by atoms with Crippen LogP contribution in [0.3, 0.4) is 0 Å². The van der Waals surface area contributed by atoms with Crippen molar-refractivity contribution in [1.82, 2.24) is 14.7 Å². The minimum atomic E-state index is -0.0341. The first kappa shape index (κ1) is 14.5. The summed E-state index contributed by atoms with van der Waals surface area (Å²) in [5.74, 6) is -0.0341. The molecule has 0 unspecified atom stereocenters. The molecule has 0 spiro atoms. The molecule has 0 saturated carbocycles. The zero-order valence-electron chi connectivity index (χ0n) is 10.6. The molecule has 7 nitrogen and oxygen atoms in total. The third-order valence-electron chi connectivity index (χ3n) is 2.43. The van der Waals surface area contributed by atoms with Crippen LogP contribution in [0.4, 0.5) is 5.69 Å². The van der Waals surface area contributed by atoms with Gasteiger partial charge in [-0.15, -0.1) is 0 Å². The summed E-state index contributed by atoms with van der Waals surface area (Å²) in [6.45, 7) is 3.89. The molecule has 0 aromatic carbocycles. The number of hydrogen-bond acceptors (Lipinski definition) is 5. The van der Waals surface area contributed by atoms with Gasteiger partial charge in [0.1, 0.15) is 6.54 Å². The predicted octanol–water partition coefficient (Wildman–Crippen LogP) is -0.677. The highest BCUT2D eigenvalue weighted by atomic mass is 16.5. The number of aliphatic hydroxyl groups is 1. The molecule has 7 heteroatoms. The van der Waals surface area contributed by atoms with Crippen molar-refractivity contribution in [2.24, 2.45) is 0 Å². The number of rotatable bonds is 8. The maximum absolute atomic E-state index is 11.9. The van der Waals surface area contributed by atoms with E-state index in [4.69, 9.17) is 15.6 Å². The largest absolute Gasteiger partial charge is 0.396 e. The average Bonchev–Trinajstić information content (AvgIpc) is 2.75. The number of nitrogens with two attached hydrogens (primary N) is 1. The summed E-state index contributed by atoms with van der Waals surface area (Å²) in [5, 5.41) is 12.5. The van der Waals surface area contributed by atoms with Crippen LogP contribution in [0.25, 0.3) is 0 Å². The highest BCUT2D eigenvalue weighted by Gasteiger charge is 2.12. The number of anilines is 1. The number of aliphatic hydroxyl groups excluding tert-OH is 1. The molecule has 3 N–H and O–H groups in total. The number of hydrogen-bond donors (Lipinski definition) is 2. The van der Waals surface area contributed by atoms with Crippen molar-refractivity contribution in [3.05, 3.63) is 12.4 Å². The molecule has 102 valence electrons. The molecule has 0 saturated heterocycles. The normalized spacial score (nSPS) is 10.6. The van der Waals surface area contributed by atoms with Crippen molar-refractivity contribution in [1.29, 1.82) is 0 Å². The fraction of sp³-hybridized carbons (Fsp3) is 0.636. The van der Waals surface area contributed by atoms with Gasteiger partial charge in [0.15, 0.2) is 0 Å². The number of ether oxygens (including phenoxy) is 1. The Kier molecular flexibility index (Phi) is 6.16. The number of nitrogen functional groups attached to an aromatic ring is 1. The van der Waals surface area contributed by atoms with Gasteiger partial charge in [0.25, 0.3) is 0 Å². The standard InChI is InChI=1S/C11H20N4O3/c1-2-14(3-5-18-6-4-16)11(17)9-15-8-10(12)7-13-15/h7-8,16H,2-6,9,12H2,1H3. The molecule has 1 rings (SSSR count). The molecular formula is C11H20N4O3. The van der Waals surface area contributed by atoms with Crippen LogP contribution in [0, 0.1) is 0 Å². The van der Waals surface area contributed by atoms with Gasteiger partial charge in [-0.3, -0.25) is 9.48 Å². The zero-order valence-corrected chi connectivity index (χ0v) is 10.6. The predicted molar refractivity (Wildman–Crippen MR) is 66.8 cm³/mol. The molecular weight excluding hydrogens is 236 g/mol.